The molecule has 1 aromatic heterocycles. The van der Waals surface area contributed by atoms with Gasteiger partial charge in [-0.25, -0.2) is 0 Å². The highest BCUT2D eigenvalue weighted by atomic mass is 35.5. The van der Waals surface area contributed by atoms with Crippen LogP contribution in [0.5, 0.6) is 0 Å². The maximum Gasteiger partial charge on any atom is 0.131 e. The molecule has 0 bridgehead atoms. The molecule has 1 aliphatic heterocycles. The van der Waals surface area contributed by atoms with E-state index in [-0.39, 0.29) is 0 Å². The Kier molecular flexibility index (Phi) is 5.25. The fourth-order valence-corrected chi connectivity index (χ4v) is 2.85. The number of halogens is 1. The first-order chi connectivity index (χ1) is 9.15. The molecule has 0 saturated carbocycles. The van der Waals surface area contributed by atoms with Crippen LogP contribution in [0.3, 0.4) is 0 Å². The summed E-state index contributed by atoms with van der Waals surface area (Å²) in [7, 11) is 1.90. The quantitative estimate of drug-likeness (QED) is 0.805. The normalized spacial score (nSPS) is 19.5. The molecule has 0 aliphatic carbocycles. The Morgan fingerprint density at radius 3 is 2.84 bits per heavy atom. The van der Waals surface area contributed by atoms with Crippen LogP contribution in [0.15, 0.2) is 0 Å². The molecule has 5 heteroatoms. The minimum absolute atomic E-state index is 0.389. The summed E-state index contributed by atoms with van der Waals surface area (Å²) in [6.07, 6.45) is 3.68. The largest absolute Gasteiger partial charge is 0.377 e. The number of aromatic nitrogens is 2. The van der Waals surface area contributed by atoms with Gasteiger partial charge in [0.25, 0.3) is 0 Å². The Bertz CT molecular complexity index is 413. The van der Waals surface area contributed by atoms with Crippen LogP contribution in [0.1, 0.15) is 37.9 Å². The highest BCUT2D eigenvalue weighted by Crippen LogP contribution is 2.22. The molecule has 0 spiro atoms. The van der Waals surface area contributed by atoms with Crippen LogP contribution in [0.2, 0.25) is 5.15 Å². The SMILES string of the molecule is CCc1nn(C)c(Cl)c1CN(CC)CC1CCCO1. The molecule has 1 saturated heterocycles. The van der Waals surface area contributed by atoms with Gasteiger partial charge in [-0.2, -0.15) is 5.10 Å². The minimum Gasteiger partial charge on any atom is -0.377 e. The van der Waals surface area contributed by atoms with Crippen molar-refractivity contribution in [3.05, 3.63) is 16.4 Å². The van der Waals surface area contributed by atoms with Crippen LogP contribution in [0.4, 0.5) is 0 Å². The molecular weight excluding hydrogens is 262 g/mol. The molecule has 0 N–H and O–H groups in total. The van der Waals surface area contributed by atoms with Crippen LogP contribution in [-0.2, 0) is 24.8 Å². The zero-order valence-corrected chi connectivity index (χ0v) is 12.9. The fourth-order valence-electron chi connectivity index (χ4n) is 2.65. The molecule has 4 nitrogen and oxygen atoms in total. The zero-order valence-electron chi connectivity index (χ0n) is 12.2. The summed E-state index contributed by atoms with van der Waals surface area (Å²) < 4.78 is 7.49. The van der Waals surface area contributed by atoms with Crippen molar-refractivity contribution in [3.63, 3.8) is 0 Å². The van der Waals surface area contributed by atoms with E-state index in [9.17, 15) is 0 Å². The predicted molar refractivity (Wildman–Crippen MR) is 77.5 cm³/mol. The van der Waals surface area contributed by atoms with Crippen molar-refractivity contribution in [2.45, 2.75) is 45.8 Å². The van der Waals surface area contributed by atoms with Crippen LogP contribution in [-0.4, -0.2) is 40.5 Å². The number of aryl methyl sites for hydroxylation is 2. The van der Waals surface area contributed by atoms with Crippen LogP contribution >= 0.6 is 11.6 Å². The molecule has 0 radical (unpaired) electrons. The third kappa shape index (κ3) is 3.50. The number of likely N-dealkylation sites (N-methyl/N-ethyl adjacent to an activating group) is 1. The lowest BCUT2D eigenvalue weighted by molar-refractivity contribution is 0.0724. The number of nitrogens with zero attached hydrogens (tertiary/aromatic N) is 3. The molecule has 1 aromatic rings. The summed E-state index contributed by atoms with van der Waals surface area (Å²) >= 11 is 6.35. The lowest BCUT2D eigenvalue weighted by Gasteiger charge is -2.23. The van der Waals surface area contributed by atoms with Gasteiger partial charge >= 0.3 is 0 Å². The summed E-state index contributed by atoms with van der Waals surface area (Å²) in [5.74, 6) is 0. The van der Waals surface area contributed by atoms with Crippen molar-refractivity contribution in [1.82, 2.24) is 14.7 Å². The van der Waals surface area contributed by atoms with Gasteiger partial charge < -0.3 is 4.74 Å². The average molecular weight is 286 g/mol. The Balaban J connectivity index is 2.04. The third-order valence-corrected chi connectivity index (χ3v) is 4.27. The van der Waals surface area contributed by atoms with Crippen molar-refractivity contribution in [1.29, 1.82) is 0 Å². The van der Waals surface area contributed by atoms with Crippen molar-refractivity contribution in [2.75, 3.05) is 19.7 Å². The minimum atomic E-state index is 0.389. The van der Waals surface area contributed by atoms with Crippen molar-refractivity contribution in [3.8, 4) is 0 Å². The van der Waals surface area contributed by atoms with Gasteiger partial charge in [-0.05, 0) is 25.8 Å². The predicted octanol–water partition coefficient (Wildman–Crippen LogP) is 2.64. The number of hydrogen-bond acceptors (Lipinski definition) is 3. The summed E-state index contributed by atoms with van der Waals surface area (Å²) in [6, 6.07) is 0. The highest BCUT2D eigenvalue weighted by molar-refractivity contribution is 6.30. The van der Waals surface area contributed by atoms with Crippen LogP contribution < -0.4 is 0 Å². The zero-order chi connectivity index (χ0) is 13.8. The van der Waals surface area contributed by atoms with E-state index >= 15 is 0 Å². The Morgan fingerprint density at radius 2 is 2.26 bits per heavy atom. The van der Waals surface area contributed by atoms with Crippen molar-refractivity contribution < 1.29 is 4.74 Å². The summed E-state index contributed by atoms with van der Waals surface area (Å²) in [5, 5.41) is 5.24. The van der Waals surface area contributed by atoms with E-state index in [1.54, 1.807) is 4.68 Å². The second-order valence-corrected chi connectivity index (χ2v) is 5.51. The van der Waals surface area contributed by atoms with E-state index < -0.39 is 0 Å². The molecular formula is C14H24ClN3O. The molecule has 0 amide bonds. The van der Waals surface area contributed by atoms with Gasteiger partial charge in [-0.3, -0.25) is 9.58 Å². The van der Waals surface area contributed by atoms with Gasteiger partial charge in [0, 0.05) is 32.3 Å². The topological polar surface area (TPSA) is 30.3 Å². The lowest BCUT2D eigenvalue weighted by atomic mass is 10.1. The Morgan fingerprint density at radius 1 is 1.47 bits per heavy atom. The first-order valence-electron chi connectivity index (χ1n) is 7.19. The first-order valence-corrected chi connectivity index (χ1v) is 7.57. The van der Waals surface area contributed by atoms with Gasteiger partial charge in [-0.1, -0.05) is 25.4 Å². The second kappa shape index (κ2) is 6.73. The van der Waals surface area contributed by atoms with Crippen molar-refractivity contribution >= 4 is 11.6 Å². The fraction of sp³-hybridized carbons (Fsp3) is 0.786. The molecule has 0 aromatic carbocycles. The number of rotatable bonds is 6. The van der Waals surface area contributed by atoms with E-state index in [2.05, 4.69) is 23.8 Å². The maximum absolute atomic E-state index is 6.35. The molecule has 1 unspecified atom stereocenters. The molecule has 2 rings (SSSR count). The summed E-state index contributed by atoms with van der Waals surface area (Å²) in [5.41, 5.74) is 2.28. The van der Waals surface area contributed by atoms with E-state index in [1.807, 2.05) is 7.05 Å². The van der Waals surface area contributed by atoms with E-state index in [0.29, 0.717) is 6.10 Å². The molecule has 1 aliphatic rings. The van der Waals surface area contributed by atoms with Gasteiger partial charge in [0.2, 0.25) is 0 Å². The maximum atomic E-state index is 6.35. The third-order valence-electron chi connectivity index (χ3n) is 3.80. The first kappa shape index (κ1) is 14.8. The van der Waals surface area contributed by atoms with E-state index in [1.165, 1.54) is 18.4 Å². The second-order valence-electron chi connectivity index (χ2n) is 5.16. The number of hydrogen-bond donors (Lipinski definition) is 0. The molecule has 2 heterocycles. The monoisotopic (exact) mass is 285 g/mol. The van der Waals surface area contributed by atoms with Gasteiger partial charge in [0.15, 0.2) is 0 Å². The molecule has 1 fully saturated rings. The Labute approximate surface area is 120 Å². The average Bonchev–Trinajstić information content (AvgIpc) is 3.01. The van der Waals surface area contributed by atoms with Crippen molar-refractivity contribution in [2.24, 2.45) is 7.05 Å². The van der Waals surface area contributed by atoms with Gasteiger partial charge in [0.05, 0.1) is 11.8 Å². The van der Waals surface area contributed by atoms with Crippen LogP contribution in [0, 0.1) is 0 Å². The Hall–Kier alpha value is -0.580. The lowest BCUT2D eigenvalue weighted by Crippen LogP contribution is -2.31. The van der Waals surface area contributed by atoms with E-state index in [0.717, 1.165) is 43.5 Å². The van der Waals surface area contributed by atoms with Crippen LogP contribution in [0.25, 0.3) is 0 Å². The summed E-state index contributed by atoms with van der Waals surface area (Å²) in [4.78, 5) is 2.40. The summed E-state index contributed by atoms with van der Waals surface area (Å²) in [6.45, 7) is 8.09. The smallest absolute Gasteiger partial charge is 0.131 e. The van der Waals surface area contributed by atoms with Gasteiger partial charge in [-0.15, -0.1) is 0 Å². The van der Waals surface area contributed by atoms with E-state index in [4.69, 9.17) is 16.3 Å². The highest BCUT2D eigenvalue weighted by Gasteiger charge is 2.21. The number of ether oxygens (including phenoxy) is 1. The molecule has 1 atom stereocenters. The van der Waals surface area contributed by atoms with Gasteiger partial charge in [0.1, 0.15) is 5.15 Å². The molecule has 108 valence electrons. The molecule has 19 heavy (non-hydrogen) atoms. The standard InChI is InChI=1S/C14H24ClN3O/c1-4-13-12(14(15)17(3)16-13)10-18(5-2)9-11-7-6-8-19-11/h11H,4-10H2,1-3H3.